The van der Waals surface area contributed by atoms with Crippen LogP contribution in [0, 0.1) is 6.92 Å². The van der Waals surface area contributed by atoms with Crippen molar-refractivity contribution >= 4 is 5.91 Å². The van der Waals surface area contributed by atoms with E-state index in [1.807, 2.05) is 42.2 Å². The number of hydrogen-bond acceptors (Lipinski definition) is 4. The molecule has 0 atom stereocenters. The number of nitrogens with zero attached hydrogens (tertiary/aromatic N) is 1. The number of methoxy groups -OCH3 is 1. The van der Waals surface area contributed by atoms with Crippen molar-refractivity contribution in [3.05, 3.63) is 58.7 Å². The maximum Gasteiger partial charge on any atom is 0.226 e. The Morgan fingerprint density at radius 3 is 2.64 bits per heavy atom. The first kappa shape index (κ1) is 18.8. The third-order valence-corrected chi connectivity index (χ3v) is 6.26. The third-order valence-electron chi connectivity index (χ3n) is 6.26. The Bertz CT molecular complexity index is 885. The number of benzene rings is 2. The van der Waals surface area contributed by atoms with Gasteiger partial charge in [-0.15, -0.1) is 0 Å². The van der Waals surface area contributed by atoms with Crippen LogP contribution >= 0.6 is 0 Å². The monoisotopic (exact) mass is 380 g/mol. The Kier molecular flexibility index (Phi) is 5.02. The molecule has 4 rings (SSSR count). The lowest BCUT2D eigenvalue weighted by Gasteiger charge is -2.38. The maximum absolute atomic E-state index is 12.8. The lowest BCUT2D eigenvalue weighted by Crippen LogP contribution is -2.46. The Balaban J connectivity index is 1.43. The van der Waals surface area contributed by atoms with Gasteiger partial charge in [-0.3, -0.25) is 4.79 Å². The molecule has 0 unspecified atom stereocenters. The SMILES string of the molecule is COc1cc(CC(=O)N2CCC3(CC2)COc2ccc(CN)cc23)ccc1C. The molecule has 2 aliphatic rings. The molecule has 1 spiro atoms. The number of ether oxygens (including phenoxy) is 2. The summed E-state index contributed by atoms with van der Waals surface area (Å²) in [4.78, 5) is 14.8. The molecular formula is C23H28N2O3. The molecule has 5 nitrogen and oxygen atoms in total. The summed E-state index contributed by atoms with van der Waals surface area (Å²) in [5.74, 6) is 1.98. The van der Waals surface area contributed by atoms with E-state index in [1.54, 1.807) is 7.11 Å². The van der Waals surface area contributed by atoms with Gasteiger partial charge in [0.2, 0.25) is 5.91 Å². The topological polar surface area (TPSA) is 64.8 Å². The Hall–Kier alpha value is -2.53. The molecule has 2 N–H and O–H groups in total. The van der Waals surface area contributed by atoms with Gasteiger partial charge in [0.15, 0.2) is 0 Å². The molecule has 2 aliphatic heterocycles. The second-order valence-electron chi connectivity index (χ2n) is 7.97. The van der Waals surface area contributed by atoms with Crippen LogP contribution in [0.25, 0.3) is 0 Å². The highest BCUT2D eigenvalue weighted by atomic mass is 16.5. The summed E-state index contributed by atoms with van der Waals surface area (Å²) in [5, 5.41) is 0. The van der Waals surface area contributed by atoms with Gasteiger partial charge in [0.25, 0.3) is 0 Å². The van der Waals surface area contributed by atoms with E-state index < -0.39 is 0 Å². The number of hydrogen-bond donors (Lipinski definition) is 1. The summed E-state index contributed by atoms with van der Waals surface area (Å²) in [5.41, 5.74) is 10.3. The van der Waals surface area contributed by atoms with Crippen molar-refractivity contribution in [2.24, 2.45) is 5.73 Å². The normalized spacial score (nSPS) is 17.3. The van der Waals surface area contributed by atoms with E-state index in [-0.39, 0.29) is 11.3 Å². The number of piperidine rings is 1. The fourth-order valence-corrected chi connectivity index (χ4v) is 4.40. The molecule has 1 saturated heterocycles. The first-order chi connectivity index (χ1) is 13.5. The quantitative estimate of drug-likeness (QED) is 0.886. The number of aryl methyl sites for hydroxylation is 1. The van der Waals surface area contributed by atoms with Gasteiger partial charge in [0, 0.05) is 30.6 Å². The molecule has 0 saturated carbocycles. The van der Waals surface area contributed by atoms with Crippen LogP contribution in [-0.2, 0) is 23.2 Å². The fraction of sp³-hybridized carbons (Fsp3) is 0.435. The Morgan fingerprint density at radius 2 is 1.93 bits per heavy atom. The lowest BCUT2D eigenvalue weighted by molar-refractivity contribution is -0.132. The number of nitrogens with two attached hydrogens (primary N) is 1. The standard InChI is InChI=1S/C23H28N2O3/c1-16-3-4-17(12-21(16)27-2)13-22(26)25-9-7-23(8-10-25)15-28-20-6-5-18(14-24)11-19(20)23/h3-6,11-12H,7-10,13-15,24H2,1-2H3. The van der Waals surface area contributed by atoms with Gasteiger partial charge >= 0.3 is 0 Å². The zero-order valence-electron chi connectivity index (χ0n) is 16.7. The van der Waals surface area contributed by atoms with E-state index in [1.165, 1.54) is 5.56 Å². The molecule has 0 aromatic heterocycles. The fourth-order valence-electron chi connectivity index (χ4n) is 4.40. The Labute approximate surface area is 166 Å². The number of rotatable bonds is 4. The van der Waals surface area contributed by atoms with E-state index in [0.29, 0.717) is 19.6 Å². The molecule has 2 aromatic rings. The van der Waals surface area contributed by atoms with Crippen molar-refractivity contribution in [1.82, 2.24) is 4.90 Å². The molecule has 0 radical (unpaired) electrons. The molecule has 148 valence electrons. The first-order valence-corrected chi connectivity index (χ1v) is 9.92. The molecule has 1 fully saturated rings. The summed E-state index contributed by atoms with van der Waals surface area (Å²) in [6.07, 6.45) is 2.27. The van der Waals surface area contributed by atoms with E-state index in [2.05, 4.69) is 6.07 Å². The summed E-state index contributed by atoms with van der Waals surface area (Å²) >= 11 is 0. The minimum Gasteiger partial charge on any atom is -0.496 e. The minimum atomic E-state index is 0.0182. The number of carbonyl (C=O) groups is 1. The van der Waals surface area contributed by atoms with Crippen LogP contribution in [0.2, 0.25) is 0 Å². The van der Waals surface area contributed by atoms with Gasteiger partial charge in [-0.25, -0.2) is 0 Å². The van der Waals surface area contributed by atoms with Crippen LogP contribution in [0.5, 0.6) is 11.5 Å². The maximum atomic E-state index is 12.8. The average Bonchev–Trinajstić information content (AvgIpc) is 3.07. The predicted molar refractivity (Wildman–Crippen MR) is 109 cm³/mol. The lowest BCUT2D eigenvalue weighted by atomic mass is 9.74. The molecule has 2 aromatic carbocycles. The van der Waals surface area contributed by atoms with Crippen LogP contribution in [0.1, 0.15) is 35.1 Å². The molecular weight excluding hydrogens is 352 g/mol. The van der Waals surface area contributed by atoms with Gasteiger partial charge in [-0.1, -0.05) is 24.3 Å². The van der Waals surface area contributed by atoms with Gasteiger partial charge in [-0.2, -0.15) is 0 Å². The Morgan fingerprint density at radius 1 is 1.18 bits per heavy atom. The van der Waals surface area contributed by atoms with Crippen LogP contribution in [-0.4, -0.2) is 37.6 Å². The summed E-state index contributed by atoms with van der Waals surface area (Å²) in [6.45, 7) is 4.77. The number of fused-ring (bicyclic) bond motifs is 2. The average molecular weight is 380 g/mol. The highest BCUT2D eigenvalue weighted by Crippen LogP contribution is 2.45. The molecule has 5 heteroatoms. The van der Waals surface area contributed by atoms with Crippen LogP contribution in [0.15, 0.2) is 36.4 Å². The zero-order chi connectivity index (χ0) is 19.7. The molecule has 0 bridgehead atoms. The van der Waals surface area contributed by atoms with Gasteiger partial charge in [0.05, 0.1) is 20.1 Å². The van der Waals surface area contributed by atoms with Gasteiger partial charge < -0.3 is 20.1 Å². The van der Waals surface area contributed by atoms with Crippen molar-refractivity contribution in [2.45, 2.75) is 38.1 Å². The summed E-state index contributed by atoms with van der Waals surface area (Å²) < 4.78 is 11.3. The van der Waals surface area contributed by atoms with Crippen molar-refractivity contribution in [3.8, 4) is 11.5 Å². The molecule has 1 amide bonds. The van der Waals surface area contributed by atoms with Crippen molar-refractivity contribution in [2.75, 3.05) is 26.8 Å². The second-order valence-corrected chi connectivity index (χ2v) is 7.97. The zero-order valence-corrected chi connectivity index (χ0v) is 16.7. The van der Waals surface area contributed by atoms with Crippen LogP contribution in [0.4, 0.5) is 0 Å². The smallest absolute Gasteiger partial charge is 0.226 e. The number of likely N-dealkylation sites (tertiary alicyclic amines) is 1. The highest BCUT2D eigenvalue weighted by molar-refractivity contribution is 5.79. The van der Waals surface area contributed by atoms with E-state index in [9.17, 15) is 4.79 Å². The van der Waals surface area contributed by atoms with E-state index >= 15 is 0 Å². The largest absolute Gasteiger partial charge is 0.496 e. The van der Waals surface area contributed by atoms with Crippen LogP contribution < -0.4 is 15.2 Å². The highest BCUT2D eigenvalue weighted by Gasteiger charge is 2.43. The van der Waals surface area contributed by atoms with Gasteiger partial charge in [0.1, 0.15) is 11.5 Å². The molecule has 28 heavy (non-hydrogen) atoms. The van der Waals surface area contributed by atoms with Crippen molar-refractivity contribution in [3.63, 3.8) is 0 Å². The number of carbonyl (C=O) groups excluding carboxylic acids is 1. The molecule has 2 heterocycles. The second kappa shape index (κ2) is 7.47. The molecule has 0 aliphatic carbocycles. The third kappa shape index (κ3) is 3.35. The first-order valence-electron chi connectivity index (χ1n) is 9.92. The van der Waals surface area contributed by atoms with Gasteiger partial charge in [-0.05, 0) is 48.6 Å². The van der Waals surface area contributed by atoms with Crippen molar-refractivity contribution in [1.29, 1.82) is 0 Å². The number of amides is 1. The van der Waals surface area contributed by atoms with Crippen LogP contribution in [0.3, 0.4) is 0 Å². The minimum absolute atomic E-state index is 0.0182. The summed E-state index contributed by atoms with van der Waals surface area (Å²) in [7, 11) is 1.66. The van der Waals surface area contributed by atoms with E-state index in [0.717, 1.165) is 54.1 Å². The van der Waals surface area contributed by atoms with Crippen molar-refractivity contribution < 1.29 is 14.3 Å². The summed E-state index contributed by atoms with van der Waals surface area (Å²) in [6, 6.07) is 12.2. The van der Waals surface area contributed by atoms with E-state index in [4.69, 9.17) is 15.2 Å². The predicted octanol–water partition coefficient (Wildman–Crippen LogP) is 2.96.